The molecule has 1 N–H and O–H groups in total. The quantitative estimate of drug-likeness (QED) is 0.871. The van der Waals surface area contributed by atoms with Crippen LogP contribution in [0.15, 0.2) is 18.3 Å². The van der Waals surface area contributed by atoms with Crippen LogP contribution < -0.4 is 5.32 Å². The van der Waals surface area contributed by atoms with Crippen molar-refractivity contribution < 1.29 is 0 Å². The van der Waals surface area contributed by atoms with Crippen LogP contribution in [-0.2, 0) is 20.0 Å². The highest BCUT2D eigenvalue weighted by molar-refractivity contribution is 5.24. The smallest absolute Gasteiger partial charge is 0.0916 e. The summed E-state index contributed by atoms with van der Waals surface area (Å²) in [6, 6.07) is 4.35. The number of nitrogens with zero attached hydrogens (tertiary/aromatic N) is 4. The second kappa shape index (κ2) is 5.35. The minimum absolute atomic E-state index is 0.130. The lowest BCUT2D eigenvalue weighted by molar-refractivity contribution is 0.533. The van der Waals surface area contributed by atoms with Crippen LogP contribution >= 0.6 is 0 Å². The average Bonchev–Trinajstić information content (AvgIpc) is 2.98. The number of aromatic nitrogens is 4. The molecule has 0 fully saturated rings. The molecule has 0 aliphatic carbocycles. The van der Waals surface area contributed by atoms with Crippen molar-refractivity contribution in [3.05, 3.63) is 35.4 Å². The average molecular weight is 247 g/mol. The van der Waals surface area contributed by atoms with Crippen LogP contribution in [0.25, 0.3) is 0 Å². The summed E-state index contributed by atoms with van der Waals surface area (Å²) < 4.78 is 3.97. The van der Waals surface area contributed by atoms with Crippen molar-refractivity contribution >= 4 is 0 Å². The maximum atomic E-state index is 4.60. The zero-order valence-corrected chi connectivity index (χ0v) is 11.5. The van der Waals surface area contributed by atoms with Crippen molar-refractivity contribution in [2.75, 3.05) is 7.05 Å². The molecule has 2 aromatic rings. The summed E-state index contributed by atoms with van der Waals surface area (Å²) in [6.45, 7) is 5.13. The van der Waals surface area contributed by atoms with Gasteiger partial charge in [0.1, 0.15) is 0 Å². The first-order valence-electron chi connectivity index (χ1n) is 6.43. The maximum Gasteiger partial charge on any atom is 0.0916 e. The Labute approximate surface area is 108 Å². The molecule has 2 aromatic heterocycles. The van der Waals surface area contributed by atoms with Crippen molar-refractivity contribution in [2.45, 2.75) is 32.9 Å². The molecule has 0 aliphatic heterocycles. The molecule has 0 amide bonds. The van der Waals surface area contributed by atoms with Gasteiger partial charge in [-0.3, -0.25) is 9.36 Å². The van der Waals surface area contributed by atoms with E-state index in [0.29, 0.717) is 0 Å². The number of nitrogens with one attached hydrogen (secondary N) is 1. The molecule has 0 aliphatic rings. The monoisotopic (exact) mass is 247 g/mol. The Kier molecular flexibility index (Phi) is 3.81. The summed E-state index contributed by atoms with van der Waals surface area (Å²) in [5.41, 5.74) is 3.48. The normalized spacial score (nSPS) is 12.9. The molecular formula is C13H21N5. The molecule has 5 nitrogen and oxygen atoms in total. The van der Waals surface area contributed by atoms with Crippen LogP contribution in [0.3, 0.4) is 0 Å². The number of hydrogen-bond acceptors (Lipinski definition) is 3. The van der Waals surface area contributed by atoms with Gasteiger partial charge in [-0.1, -0.05) is 6.92 Å². The third kappa shape index (κ3) is 2.18. The Hall–Kier alpha value is -1.62. The molecule has 18 heavy (non-hydrogen) atoms. The first-order chi connectivity index (χ1) is 8.71. The van der Waals surface area contributed by atoms with Crippen molar-refractivity contribution in [1.29, 1.82) is 0 Å². The molecule has 0 bridgehead atoms. The highest BCUT2D eigenvalue weighted by Crippen LogP contribution is 2.22. The number of aryl methyl sites for hydroxylation is 3. The first kappa shape index (κ1) is 12.8. The number of rotatable bonds is 5. The third-order valence-electron chi connectivity index (χ3n) is 3.26. The van der Waals surface area contributed by atoms with E-state index in [2.05, 4.69) is 40.1 Å². The molecule has 2 heterocycles. The molecule has 0 saturated carbocycles. The predicted octanol–water partition coefficient (Wildman–Crippen LogP) is 1.51. The van der Waals surface area contributed by atoms with Gasteiger partial charge in [-0.05, 0) is 32.5 Å². The molecule has 98 valence electrons. The van der Waals surface area contributed by atoms with Gasteiger partial charge in [0.05, 0.1) is 23.1 Å². The van der Waals surface area contributed by atoms with E-state index in [9.17, 15) is 0 Å². The highest BCUT2D eigenvalue weighted by atomic mass is 15.3. The Morgan fingerprint density at radius 3 is 2.61 bits per heavy atom. The molecule has 1 atom stereocenters. The standard InChI is InChI=1S/C13H21N5/c1-5-10-9-12(18(6-2)16-10)13(14-3)11-7-8-15-17(11)4/h7-9,13-14H,5-6H2,1-4H3. The van der Waals surface area contributed by atoms with Crippen molar-refractivity contribution in [2.24, 2.45) is 7.05 Å². The lowest BCUT2D eigenvalue weighted by atomic mass is 10.1. The molecule has 0 radical (unpaired) electrons. The fourth-order valence-corrected chi connectivity index (χ4v) is 2.26. The van der Waals surface area contributed by atoms with E-state index in [-0.39, 0.29) is 6.04 Å². The summed E-state index contributed by atoms with van der Waals surface area (Å²) in [7, 11) is 3.93. The van der Waals surface area contributed by atoms with Gasteiger partial charge < -0.3 is 5.32 Å². The van der Waals surface area contributed by atoms with Crippen LogP contribution in [0.5, 0.6) is 0 Å². The second-order valence-corrected chi connectivity index (χ2v) is 4.33. The zero-order chi connectivity index (χ0) is 13.1. The van der Waals surface area contributed by atoms with E-state index in [1.807, 2.05) is 31.0 Å². The molecule has 1 unspecified atom stereocenters. The van der Waals surface area contributed by atoms with E-state index in [4.69, 9.17) is 0 Å². The SMILES string of the molecule is CCc1cc(C(NC)c2ccnn2C)n(CC)n1. The molecule has 5 heteroatoms. The molecule has 0 saturated heterocycles. The molecule has 0 aromatic carbocycles. The van der Waals surface area contributed by atoms with Gasteiger partial charge in [0, 0.05) is 19.8 Å². The van der Waals surface area contributed by atoms with Gasteiger partial charge in [-0.2, -0.15) is 10.2 Å². The third-order valence-corrected chi connectivity index (χ3v) is 3.26. The Morgan fingerprint density at radius 2 is 2.11 bits per heavy atom. The van der Waals surface area contributed by atoms with E-state index in [0.717, 1.165) is 24.4 Å². The minimum atomic E-state index is 0.130. The van der Waals surface area contributed by atoms with E-state index >= 15 is 0 Å². The lowest BCUT2D eigenvalue weighted by Gasteiger charge is -2.17. The van der Waals surface area contributed by atoms with Crippen molar-refractivity contribution in [1.82, 2.24) is 24.9 Å². The number of hydrogen-bond donors (Lipinski definition) is 1. The molecular weight excluding hydrogens is 226 g/mol. The molecule has 0 spiro atoms. The van der Waals surface area contributed by atoms with Gasteiger partial charge in [-0.25, -0.2) is 0 Å². The fraction of sp³-hybridized carbons (Fsp3) is 0.538. The maximum absolute atomic E-state index is 4.60. The van der Waals surface area contributed by atoms with E-state index < -0.39 is 0 Å². The zero-order valence-electron chi connectivity index (χ0n) is 11.5. The summed E-state index contributed by atoms with van der Waals surface area (Å²) in [4.78, 5) is 0. The van der Waals surface area contributed by atoms with Gasteiger partial charge in [0.2, 0.25) is 0 Å². The van der Waals surface area contributed by atoms with E-state index in [1.165, 1.54) is 5.69 Å². The first-order valence-corrected chi connectivity index (χ1v) is 6.43. The van der Waals surface area contributed by atoms with Crippen LogP contribution in [-0.4, -0.2) is 26.6 Å². The van der Waals surface area contributed by atoms with Gasteiger partial charge in [-0.15, -0.1) is 0 Å². The fourth-order valence-electron chi connectivity index (χ4n) is 2.26. The Morgan fingerprint density at radius 1 is 1.33 bits per heavy atom. The van der Waals surface area contributed by atoms with Gasteiger partial charge in [0.15, 0.2) is 0 Å². The topological polar surface area (TPSA) is 47.7 Å². The van der Waals surface area contributed by atoms with Gasteiger partial charge in [0.25, 0.3) is 0 Å². The summed E-state index contributed by atoms with van der Waals surface area (Å²) >= 11 is 0. The van der Waals surface area contributed by atoms with Crippen LogP contribution in [0.1, 0.15) is 37.0 Å². The second-order valence-electron chi connectivity index (χ2n) is 4.33. The van der Waals surface area contributed by atoms with Crippen LogP contribution in [0.2, 0.25) is 0 Å². The lowest BCUT2D eigenvalue weighted by Crippen LogP contribution is -2.23. The minimum Gasteiger partial charge on any atom is -0.307 e. The van der Waals surface area contributed by atoms with Crippen LogP contribution in [0.4, 0.5) is 0 Å². The Bertz CT molecular complexity index is 511. The largest absolute Gasteiger partial charge is 0.307 e. The predicted molar refractivity (Wildman–Crippen MR) is 71.4 cm³/mol. The molecule has 2 rings (SSSR count). The highest BCUT2D eigenvalue weighted by Gasteiger charge is 2.20. The Balaban J connectivity index is 2.44. The van der Waals surface area contributed by atoms with Crippen LogP contribution in [0, 0.1) is 0 Å². The van der Waals surface area contributed by atoms with E-state index in [1.54, 1.807) is 0 Å². The summed E-state index contributed by atoms with van der Waals surface area (Å²) in [6.07, 6.45) is 2.79. The summed E-state index contributed by atoms with van der Waals surface area (Å²) in [5.74, 6) is 0. The van der Waals surface area contributed by atoms with Gasteiger partial charge >= 0.3 is 0 Å². The van der Waals surface area contributed by atoms with Crippen molar-refractivity contribution in [3.8, 4) is 0 Å². The van der Waals surface area contributed by atoms with Crippen molar-refractivity contribution in [3.63, 3.8) is 0 Å². The summed E-state index contributed by atoms with van der Waals surface area (Å²) in [5, 5.41) is 12.2.